The lowest BCUT2D eigenvalue weighted by Gasteiger charge is -2.11. The number of guanidine groups is 1. The van der Waals surface area contributed by atoms with Crippen LogP contribution in [0, 0.1) is 11.7 Å². The maximum Gasteiger partial charge on any atom is 0.191 e. The molecule has 1 aromatic carbocycles. The first-order valence-electron chi connectivity index (χ1n) is 6.07. The number of rotatable bonds is 4. The minimum Gasteiger partial charge on any atom is -0.356 e. The third kappa shape index (κ3) is 3.88. The van der Waals surface area contributed by atoms with Crippen LogP contribution in [-0.2, 0) is 6.54 Å². The topological polar surface area (TPSA) is 36.4 Å². The average molecular weight is 270 g/mol. The number of hydrogen-bond acceptors (Lipinski definition) is 1. The smallest absolute Gasteiger partial charge is 0.191 e. The maximum atomic E-state index is 13.0. The molecule has 5 heteroatoms. The lowest BCUT2D eigenvalue weighted by atomic mass is 10.2. The van der Waals surface area contributed by atoms with Gasteiger partial charge in [-0.1, -0.05) is 17.7 Å². The first kappa shape index (κ1) is 13.1. The molecule has 0 aliphatic heterocycles. The van der Waals surface area contributed by atoms with Crippen molar-refractivity contribution in [2.24, 2.45) is 10.9 Å². The fourth-order valence-corrected chi connectivity index (χ4v) is 1.82. The van der Waals surface area contributed by atoms with Crippen molar-refractivity contribution in [2.75, 3.05) is 13.6 Å². The molecule has 1 fully saturated rings. The van der Waals surface area contributed by atoms with Crippen molar-refractivity contribution in [2.45, 2.75) is 19.4 Å². The molecule has 1 aromatic rings. The molecule has 18 heavy (non-hydrogen) atoms. The van der Waals surface area contributed by atoms with E-state index < -0.39 is 5.82 Å². The SMILES string of the molecule is CN=C(NCc1ccc(F)c(Cl)c1)NCC1CC1. The number of halogens is 2. The van der Waals surface area contributed by atoms with Gasteiger partial charge in [0, 0.05) is 20.1 Å². The van der Waals surface area contributed by atoms with Crippen LogP contribution in [0.25, 0.3) is 0 Å². The standard InChI is InChI=1S/C13H17ClFN3/c1-16-13(17-7-9-2-3-9)18-8-10-4-5-12(15)11(14)6-10/h4-6,9H,2-3,7-8H2,1H3,(H2,16,17,18). The van der Waals surface area contributed by atoms with Crippen molar-refractivity contribution in [1.29, 1.82) is 0 Å². The van der Waals surface area contributed by atoms with Gasteiger partial charge in [-0.25, -0.2) is 4.39 Å². The zero-order chi connectivity index (χ0) is 13.0. The Balaban J connectivity index is 1.82. The Kier molecular flexibility index (Phi) is 4.42. The zero-order valence-corrected chi connectivity index (χ0v) is 11.1. The van der Waals surface area contributed by atoms with Gasteiger partial charge in [-0.3, -0.25) is 4.99 Å². The molecular formula is C13H17ClFN3. The second kappa shape index (κ2) is 6.05. The highest BCUT2D eigenvalue weighted by Crippen LogP contribution is 2.27. The van der Waals surface area contributed by atoms with E-state index in [4.69, 9.17) is 11.6 Å². The van der Waals surface area contributed by atoms with Crippen LogP contribution in [0.3, 0.4) is 0 Å². The van der Waals surface area contributed by atoms with Crippen LogP contribution >= 0.6 is 11.6 Å². The molecule has 0 radical (unpaired) electrons. The highest BCUT2D eigenvalue weighted by atomic mass is 35.5. The summed E-state index contributed by atoms with van der Waals surface area (Å²) in [5.74, 6) is 1.17. The van der Waals surface area contributed by atoms with Gasteiger partial charge in [0.05, 0.1) is 5.02 Å². The number of aliphatic imine (C=N–C) groups is 1. The monoisotopic (exact) mass is 269 g/mol. The Morgan fingerprint density at radius 2 is 2.22 bits per heavy atom. The number of hydrogen-bond donors (Lipinski definition) is 2. The maximum absolute atomic E-state index is 13.0. The number of nitrogens with one attached hydrogen (secondary N) is 2. The van der Waals surface area contributed by atoms with Crippen LogP contribution in [0.1, 0.15) is 18.4 Å². The first-order chi connectivity index (χ1) is 8.69. The third-order valence-corrected chi connectivity index (χ3v) is 3.21. The predicted octanol–water partition coefficient (Wildman–Crippen LogP) is 2.55. The summed E-state index contributed by atoms with van der Waals surface area (Å²) in [6.45, 7) is 1.54. The average Bonchev–Trinajstić information content (AvgIpc) is 3.18. The van der Waals surface area contributed by atoms with Gasteiger partial charge in [0.1, 0.15) is 5.82 Å². The summed E-state index contributed by atoms with van der Waals surface area (Å²) in [5.41, 5.74) is 0.927. The fourth-order valence-electron chi connectivity index (χ4n) is 1.62. The Hall–Kier alpha value is -1.29. The summed E-state index contributed by atoms with van der Waals surface area (Å²) in [6, 6.07) is 4.71. The van der Waals surface area contributed by atoms with Crippen LogP contribution in [0.15, 0.2) is 23.2 Å². The van der Waals surface area contributed by atoms with Crippen molar-refractivity contribution >= 4 is 17.6 Å². The van der Waals surface area contributed by atoms with Crippen molar-refractivity contribution < 1.29 is 4.39 Å². The Morgan fingerprint density at radius 1 is 1.44 bits per heavy atom. The minimum absolute atomic E-state index is 0.148. The van der Waals surface area contributed by atoms with Gasteiger partial charge in [-0.15, -0.1) is 0 Å². The molecule has 3 nitrogen and oxygen atoms in total. The van der Waals surface area contributed by atoms with E-state index in [9.17, 15) is 4.39 Å². The Bertz CT molecular complexity index is 444. The van der Waals surface area contributed by atoms with E-state index in [1.807, 2.05) is 0 Å². The van der Waals surface area contributed by atoms with Crippen molar-refractivity contribution in [3.63, 3.8) is 0 Å². The normalized spacial score (nSPS) is 15.6. The predicted molar refractivity (Wildman–Crippen MR) is 72.3 cm³/mol. The molecule has 0 spiro atoms. The van der Waals surface area contributed by atoms with Crippen LogP contribution < -0.4 is 10.6 Å². The van der Waals surface area contributed by atoms with E-state index in [2.05, 4.69) is 15.6 Å². The van der Waals surface area contributed by atoms with Gasteiger partial charge in [0.2, 0.25) is 0 Å². The van der Waals surface area contributed by atoms with E-state index in [0.717, 1.165) is 24.0 Å². The highest BCUT2D eigenvalue weighted by molar-refractivity contribution is 6.30. The van der Waals surface area contributed by atoms with Gasteiger partial charge in [0.25, 0.3) is 0 Å². The zero-order valence-electron chi connectivity index (χ0n) is 10.3. The summed E-state index contributed by atoms with van der Waals surface area (Å²) in [4.78, 5) is 4.13. The lowest BCUT2D eigenvalue weighted by Crippen LogP contribution is -2.37. The fraction of sp³-hybridized carbons (Fsp3) is 0.462. The molecule has 2 rings (SSSR count). The van der Waals surface area contributed by atoms with E-state index in [0.29, 0.717) is 6.54 Å². The molecule has 2 N–H and O–H groups in total. The molecule has 1 aliphatic rings. The summed E-state index contributed by atoms with van der Waals surface area (Å²) >= 11 is 5.73. The van der Waals surface area contributed by atoms with Gasteiger partial charge in [-0.2, -0.15) is 0 Å². The van der Waals surface area contributed by atoms with E-state index >= 15 is 0 Å². The minimum atomic E-state index is -0.392. The molecular weight excluding hydrogens is 253 g/mol. The molecule has 0 bridgehead atoms. The van der Waals surface area contributed by atoms with E-state index in [1.54, 1.807) is 19.2 Å². The molecule has 0 saturated heterocycles. The molecule has 0 amide bonds. The van der Waals surface area contributed by atoms with E-state index in [-0.39, 0.29) is 5.02 Å². The number of benzene rings is 1. The van der Waals surface area contributed by atoms with Crippen molar-refractivity contribution in [3.8, 4) is 0 Å². The molecule has 1 saturated carbocycles. The van der Waals surface area contributed by atoms with Gasteiger partial charge in [0.15, 0.2) is 5.96 Å². The van der Waals surface area contributed by atoms with Crippen molar-refractivity contribution in [1.82, 2.24) is 10.6 Å². The number of nitrogens with zero attached hydrogens (tertiary/aromatic N) is 1. The summed E-state index contributed by atoms with van der Waals surface area (Å²) in [7, 11) is 1.74. The molecule has 0 unspecified atom stereocenters. The summed E-state index contributed by atoms with van der Waals surface area (Å²) in [6.07, 6.45) is 2.61. The highest BCUT2D eigenvalue weighted by Gasteiger charge is 2.20. The summed E-state index contributed by atoms with van der Waals surface area (Å²) < 4.78 is 13.0. The van der Waals surface area contributed by atoms with Crippen LogP contribution in [-0.4, -0.2) is 19.6 Å². The molecule has 0 heterocycles. The van der Waals surface area contributed by atoms with Gasteiger partial charge >= 0.3 is 0 Å². The molecule has 1 aliphatic carbocycles. The van der Waals surface area contributed by atoms with Gasteiger partial charge < -0.3 is 10.6 Å². The van der Waals surface area contributed by atoms with Crippen LogP contribution in [0.5, 0.6) is 0 Å². The van der Waals surface area contributed by atoms with Crippen LogP contribution in [0.2, 0.25) is 5.02 Å². The molecule has 98 valence electrons. The lowest BCUT2D eigenvalue weighted by molar-refractivity contribution is 0.627. The Labute approximate surface area is 111 Å². The van der Waals surface area contributed by atoms with E-state index in [1.165, 1.54) is 18.9 Å². The third-order valence-electron chi connectivity index (χ3n) is 2.92. The quantitative estimate of drug-likeness (QED) is 0.651. The molecule has 0 atom stereocenters. The largest absolute Gasteiger partial charge is 0.356 e. The summed E-state index contributed by atoms with van der Waals surface area (Å²) in [5, 5.41) is 6.58. The van der Waals surface area contributed by atoms with Crippen LogP contribution in [0.4, 0.5) is 4.39 Å². The second-order valence-electron chi connectivity index (χ2n) is 4.50. The first-order valence-corrected chi connectivity index (χ1v) is 6.45. The molecule has 0 aromatic heterocycles. The Morgan fingerprint density at radius 3 is 2.83 bits per heavy atom. The van der Waals surface area contributed by atoms with Crippen molar-refractivity contribution in [3.05, 3.63) is 34.6 Å². The van der Waals surface area contributed by atoms with Gasteiger partial charge in [-0.05, 0) is 36.5 Å². The second-order valence-corrected chi connectivity index (χ2v) is 4.91.